The molecule has 1 saturated carbocycles. The molecule has 377 valence electrons. The smallest absolute Gasteiger partial charge is 1.00 e. The predicted octanol–water partition coefficient (Wildman–Crippen LogP) is -4.73. The molecule has 6 atom stereocenters. The Kier molecular flexibility index (Phi) is 21.1. The van der Waals surface area contributed by atoms with Gasteiger partial charge in [0.2, 0.25) is 5.78 Å². The maximum atomic E-state index is 14.1. The Bertz CT molecular complexity index is 3170. The number of nitrogens with two attached hydrogens (primary N) is 1. The molecule has 0 bridgehead atoms. The molecule has 3 aromatic carbocycles. The third-order valence-corrected chi connectivity index (χ3v) is 17.0. The molecule has 0 saturated heterocycles. The van der Waals surface area contributed by atoms with E-state index in [4.69, 9.17) is 10.2 Å². The Hall–Kier alpha value is -3.56. The van der Waals surface area contributed by atoms with Gasteiger partial charge in [0.15, 0.2) is 11.4 Å². The molecule has 74 heavy (non-hydrogen) atoms. The number of aliphatic hydroxyl groups excluding tert-OH is 2. The third kappa shape index (κ3) is 11.2. The zero-order chi connectivity index (χ0) is 52.2. The van der Waals surface area contributed by atoms with Crippen molar-refractivity contribution in [2.45, 2.75) is 55.9 Å². The van der Waals surface area contributed by atoms with Crippen molar-refractivity contribution in [1.29, 1.82) is 0 Å². The SMILES string of the molecule is CN(C)[C@@H]1C(=O)C(C(=O)NCN[C@@H](CCCCN)C(=O)O)=C(O)[C@@]2(O)C(=O)C3=C(O)c4c(O)cccc4[C@@](C)(O)C3C[C@@H]12.O.O=C([O-])c1ccccc1-c1c2cc(Br)c(=O)cc-2oc2[c]([Hg])c([O-])c(Br)cc12.[Na+].[Na+]. The molecule has 20 nitrogen and oxygen atoms in total. The summed E-state index contributed by atoms with van der Waals surface area (Å²) in [4.78, 5) is 77.9. The number of aliphatic carboxylic acids is 1. The number of carbonyl (C=O) groups is 5. The first-order valence-corrected chi connectivity index (χ1v) is 26.3. The van der Waals surface area contributed by atoms with E-state index in [0.717, 1.165) is 0 Å². The first kappa shape index (κ1) is 63.0. The molecule has 12 N–H and O–H groups in total. The van der Waals surface area contributed by atoms with Crippen LogP contribution >= 0.6 is 31.9 Å². The van der Waals surface area contributed by atoms with Crippen LogP contribution in [0.3, 0.4) is 0 Å². The van der Waals surface area contributed by atoms with Gasteiger partial charge in [0.25, 0.3) is 5.91 Å². The first-order chi connectivity index (χ1) is 33.4. The number of halogens is 2. The van der Waals surface area contributed by atoms with Gasteiger partial charge in [0.05, 0.1) is 23.9 Å². The minimum atomic E-state index is -2.85. The summed E-state index contributed by atoms with van der Waals surface area (Å²) in [7, 11) is 2.97. The predicted molar refractivity (Wildman–Crippen MR) is 258 cm³/mol. The summed E-state index contributed by atoms with van der Waals surface area (Å²) in [5.74, 6) is -10.5. The van der Waals surface area contributed by atoms with E-state index in [2.05, 4.69) is 42.5 Å². The molecular formula is C49H47Br2HgN4Na2O16. The van der Waals surface area contributed by atoms with Gasteiger partial charge in [-0.15, -0.1) is 0 Å². The van der Waals surface area contributed by atoms with E-state index in [1.807, 2.05) is 0 Å². The van der Waals surface area contributed by atoms with Gasteiger partial charge in [-0.2, -0.15) is 0 Å². The number of aromatic hydroxyl groups is 1. The Morgan fingerprint density at radius 1 is 0.959 bits per heavy atom. The summed E-state index contributed by atoms with van der Waals surface area (Å²) in [5, 5.41) is 95.7. The topological polar surface area (TPSA) is 368 Å². The van der Waals surface area contributed by atoms with Crippen LogP contribution in [0.1, 0.15) is 54.1 Å². The molecule has 4 aliphatic carbocycles. The number of phenols is 1. The number of nitrogens with one attached hydrogen (secondary N) is 2. The Morgan fingerprint density at radius 2 is 1.62 bits per heavy atom. The maximum absolute atomic E-state index is 14.1. The molecular weight excluding hydrogens is 1310 g/mol. The van der Waals surface area contributed by atoms with E-state index in [1.54, 1.807) is 30.3 Å². The number of hydrogen-bond acceptors (Lipinski definition) is 17. The number of aliphatic hydroxyl groups is 4. The number of fused-ring (bicyclic) bond motifs is 5. The number of ketones is 2. The molecule has 25 heteroatoms. The maximum Gasteiger partial charge on any atom is 1.00 e. The second kappa shape index (κ2) is 24.8. The summed E-state index contributed by atoms with van der Waals surface area (Å²) in [6.45, 7) is 1.35. The summed E-state index contributed by atoms with van der Waals surface area (Å²) in [6.07, 6.45) is 1.07. The molecule has 0 radical (unpaired) electrons. The number of phenolic OH excluding ortho intramolecular Hbond substituents is 1. The van der Waals surface area contributed by atoms with E-state index in [9.17, 15) is 69.6 Å². The largest absolute Gasteiger partial charge is 1.00 e. The zero-order valence-corrected chi connectivity index (χ0v) is 53.3. The van der Waals surface area contributed by atoms with Crippen molar-refractivity contribution in [2.75, 3.05) is 27.3 Å². The fourth-order valence-corrected chi connectivity index (χ4v) is 13.4. The van der Waals surface area contributed by atoms with Crippen molar-refractivity contribution in [3.8, 4) is 33.9 Å². The Balaban J connectivity index is 0.000000332. The van der Waals surface area contributed by atoms with Crippen LogP contribution in [0.5, 0.6) is 11.5 Å². The van der Waals surface area contributed by atoms with Crippen molar-refractivity contribution < 1.29 is 160 Å². The van der Waals surface area contributed by atoms with Gasteiger partial charge >= 0.3 is 258 Å². The second-order valence-corrected chi connectivity index (χ2v) is 22.2. The van der Waals surface area contributed by atoms with Crippen LogP contribution in [0.15, 0.2) is 95.7 Å². The van der Waals surface area contributed by atoms with Gasteiger partial charge in [0, 0.05) is 17.4 Å². The van der Waals surface area contributed by atoms with Crippen molar-refractivity contribution in [1.82, 2.24) is 15.5 Å². The summed E-state index contributed by atoms with van der Waals surface area (Å²) >= 11 is 6.47. The van der Waals surface area contributed by atoms with Crippen molar-refractivity contribution in [3.05, 3.63) is 113 Å². The second-order valence-electron chi connectivity index (χ2n) is 17.8. The van der Waals surface area contributed by atoms with Crippen LogP contribution in [0, 0.1) is 11.8 Å². The normalized spacial score (nSPS) is 21.3. The minimum absolute atomic E-state index is 0. The van der Waals surface area contributed by atoms with Crippen molar-refractivity contribution >= 4 is 81.1 Å². The van der Waals surface area contributed by atoms with Gasteiger partial charge in [0.1, 0.15) is 28.9 Å². The number of aromatic carboxylic acids is 1. The molecule has 1 amide bonds. The van der Waals surface area contributed by atoms with E-state index in [-0.39, 0.29) is 137 Å². The number of nitrogens with zero attached hydrogens (tertiary/aromatic N) is 1. The fraction of sp³-hybridized carbons (Fsp3) is 0.306. The van der Waals surface area contributed by atoms with Crippen LogP contribution in [0.2, 0.25) is 0 Å². The van der Waals surface area contributed by atoms with Crippen LogP contribution in [-0.4, -0.2) is 115 Å². The number of rotatable bonds is 12. The molecule has 5 aliphatic rings. The third-order valence-electron chi connectivity index (χ3n) is 13.3. The average molecular weight is 1350 g/mol. The number of likely N-dealkylation sites (N-methyl/N-ethyl adjacent to an activating group) is 1. The van der Waals surface area contributed by atoms with Gasteiger partial charge in [-0.25, -0.2) is 0 Å². The number of unbranched alkanes of at least 4 members (excludes halogenated alkanes) is 1. The van der Waals surface area contributed by atoms with Gasteiger partial charge < -0.3 is 47.2 Å². The zero-order valence-electron chi connectivity index (χ0n) is 40.7. The molecule has 0 spiro atoms. The van der Waals surface area contributed by atoms with Gasteiger partial charge in [-0.1, -0.05) is 18.6 Å². The molecule has 0 aromatic heterocycles. The summed E-state index contributed by atoms with van der Waals surface area (Å²) in [5.41, 5.74) is 1.02. The Labute approximate surface area is 499 Å². The van der Waals surface area contributed by atoms with Crippen LogP contribution in [0.4, 0.5) is 0 Å². The quantitative estimate of drug-likeness (QED) is 0.0186. The number of hydrogen-bond donors (Lipinski definition) is 9. The standard InChI is InChI=1S/C29H38N4O10.C20H9Br2O5.Hg.2Na.H2O/c1-28(42)13-7-6-9-17(34)18(13)22(35)19-14(28)11-15-21(33(2)3)23(36)20(25(38)29(15,43)24(19)37)26(39)32-12-31-16(27(40)41)8-4-5-10-30;21-13-5-11-17(7-15(13)23)27-18-8-16(24)14(22)6-12(18)19(11)9-3-1-2-4-10(9)20(25)26;;;;/h6-7,9,14-16,21,31,34-35,38,42-43H,4-5,8,10-12,30H2,1-3H3,(H,32,39)(H,40,41);1-7,24H,(H,25,26);;;;1H2/q;;;2*+1;/p-2/t14?,15-,16-,21-,28+,29-;;;;;/m0...../s1. The minimum Gasteiger partial charge on any atom is 1.00 e. The van der Waals surface area contributed by atoms with Gasteiger partial charge in [-0.3, -0.25) is 29.4 Å². The molecule has 8 rings (SSSR count). The number of carboxylic acid groups (broad SMARTS) is 2. The molecule has 1 fully saturated rings. The summed E-state index contributed by atoms with van der Waals surface area (Å²) in [6, 6.07) is 12.9. The van der Waals surface area contributed by atoms with Gasteiger partial charge in [-0.05, 0) is 58.5 Å². The number of carboxylic acids is 2. The van der Waals surface area contributed by atoms with E-state index < -0.39 is 99.6 Å². The molecule has 1 aliphatic heterocycles. The van der Waals surface area contributed by atoms with Crippen molar-refractivity contribution in [3.63, 3.8) is 0 Å². The monoisotopic (exact) mass is 1350 g/mol. The summed E-state index contributed by atoms with van der Waals surface area (Å²) < 4.78 is 7.22. The average Bonchev–Trinajstić information content (AvgIpc) is 3.30. The van der Waals surface area contributed by atoms with Crippen LogP contribution < -0.4 is 94.2 Å². The number of Topliss-reactive ketones (excluding diaryl/α,β-unsaturated/α-hetero) is 2. The molecule has 3 aromatic rings. The number of carbonyl (C=O) groups excluding carboxylic acids is 4. The molecule has 1 heterocycles. The van der Waals surface area contributed by atoms with E-state index in [1.165, 1.54) is 56.3 Å². The van der Waals surface area contributed by atoms with E-state index >= 15 is 0 Å². The number of amides is 1. The molecule has 1 unspecified atom stereocenters. The van der Waals surface area contributed by atoms with E-state index in [0.29, 0.717) is 59.1 Å². The fourth-order valence-electron chi connectivity index (χ4n) is 9.84. The first-order valence-electron chi connectivity index (χ1n) is 22.0. The van der Waals surface area contributed by atoms with Crippen LogP contribution in [0.25, 0.3) is 39.2 Å². The number of benzene rings is 4. The Morgan fingerprint density at radius 3 is 2.24 bits per heavy atom. The van der Waals surface area contributed by atoms with Crippen molar-refractivity contribution in [2.24, 2.45) is 17.6 Å². The van der Waals surface area contributed by atoms with Crippen LogP contribution in [-0.2, 0) is 50.9 Å².